The van der Waals surface area contributed by atoms with Crippen LogP contribution in [0.15, 0.2) is 42.5 Å². The van der Waals surface area contributed by atoms with Crippen LogP contribution in [-0.2, 0) is 6.42 Å². The van der Waals surface area contributed by atoms with Crippen LogP contribution in [0.4, 0.5) is 8.78 Å². The van der Waals surface area contributed by atoms with Crippen molar-refractivity contribution in [2.75, 3.05) is 0 Å². The van der Waals surface area contributed by atoms with E-state index >= 15 is 0 Å². The Balaban J connectivity index is 2.25. The third kappa shape index (κ3) is 2.74. The summed E-state index contributed by atoms with van der Waals surface area (Å²) in [5.74, 6) is -0.648. The molecule has 0 aromatic heterocycles. The summed E-state index contributed by atoms with van der Waals surface area (Å²) >= 11 is 0. The van der Waals surface area contributed by atoms with E-state index in [9.17, 15) is 8.78 Å². The standard InChI is InChI=1S/C15H15F2N/c1-10-6-7-14(17)12(8-10)15(18)9-11-4-2-3-5-13(11)16/h2-8,15H,9,18H2,1H3. The van der Waals surface area contributed by atoms with E-state index in [2.05, 4.69) is 0 Å². The highest BCUT2D eigenvalue weighted by Crippen LogP contribution is 2.21. The minimum atomic E-state index is -0.540. The Morgan fingerprint density at radius 2 is 1.78 bits per heavy atom. The van der Waals surface area contributed by atoms with Gasteiger partial charge < -0.3 is 5.73 Å². The van der Waals surface area contributed by atoms with Gasteiger partial charge in [-0.25, -0.2) is 8.78 Å². The maximum atomic E-state index is 13.6. The molecule has 0 spiro atoms. The molecule has 0 aliphatic rings. The quantitative estimate of drug-likeness (QED) is 0.882. The summed E-state index contributed by atoms with van der Waals surface area (Å²) in [6.07, 6.45) is 0.285. The van der Waals surface area contributed by atoms with Crippen LogP contribution >= 0.6 is 0 Å². The fourth-order valence-electron chi connectivity index (χ4n) is 1.96. The van der Waals surface area contributed by atoms with E-state index < -0.39 is 6.04 Å². The van der Waals surface area contributed by atoms with Gasteiger partial charge in [0.15, 0.2) is 0 Å². The zero-order valence-corrected chi connectivity index (χ0v) is 10.2. The largest absolute Gasteiger partial charge is 0.324 e. The van der Waals surface area contributed by atoms with Crippen LogP contribution < -0.4 is 5.73 Å². The maximum Gasteiger partial charge on any atom is 0.128 e. The van der Waals surface area contributed by atoms with E-state index in [-0.39, 0.29) is 18.1 Å². The molecule has 18 heavy (non-hydrogen) atoms. The van der Waals surface area contributed by atoms with Gasteiger partial charge in [-0.3, -0.25) is 0 Å². The molecule has 1 atom stereocenters. The van der Waals surface area contributed by atoms with Gasteiger partial charge in [-0.15, -0.1) is 0 Å². The Labute approximate surface area is 105 Å². The second kappa shape index (κ2) is 5.27. The third-order valence-electron chi connectivity index (χ3n) is 2.95. The Morgan fingerprint density at radius 1 is 1.06 bits per heavy atom. The van der Waals surface area contributed by atoms with Gasteiger partial charge in [-0.05, 0) is 31.0 Å². The molecule has 3 heteroatoms. The molecular weight excluding hydrogens is 232 g/mol. The molecule has 2 N–H and O–H groups in total. The lowest BCUT2D eigenvalue weighted by atomic mass is 9.97. The van der Waals surface area contributed by atoms with E-state index in [0.29, 0.717) is 11.1 Å². The van der Waals surface area contributed by atoms with Crippen LogP contribution in [0.3, 0.4) is 0 Å². The van der Waals surface area contributed by atoms with Crippen molar-refractivity contribution in [2.45, 2.75) is 19.4 Å². The molecule has 2 rings (SSSR count). The Morgan fingerprint density at radius 3 is 2.50 bits per heavy atom. The van der Waals surface area contributed by atoms with Gasteiger partial charge in [0.25, 0.3) is 0 Å². The third-order valence-corrected chi connectivity index (χ3v) is 2.95. The normalized spacial score (nSPS) is 12.4. The first-order valence-corrected chi connectivity index (χ1v) is 5.83. The average molecular weight is 247 g/mol. The van der Waals surface area contributed by atoms with E-state index in [4.69, 9.17) is 5.73 Å². The number of halogens is 2. The van der Waals surface area contributed by atoms with Gasteiger partial charge in [-0.2, -0.15) is 0 Å². The van der Waals surface area contributed by atoms with Crippen molar-refractivity contribution in [3.8, 4) is 0 Å². The van der Waals surface area contributed by atoms with Gasteiger partial charge in [0, 0.05) is 11.6 Å². The van der Waals surface area contributed by atoms with Crippen LogP contribution in [0.5, 0.6) is 0 Å². The molecule has 0 heterocycles. The van der Waals surface area contributed by atoms with Crippen molar-refractivity contribution < 1.29 is 8.78 Å². The predicted molar refractivity (Wildman–Crippen MR) is 68.2 cm³/mol. The molecule has 0 fully saturated rings. The molecule has 0 saturated heterocycles. The number of benzene rings is 2. The molecule has 0 saturated carbocycles. The number of hydrogen-bond donors (Lipinski definition) is 1. The number of nitrogens with two attached hydrogens (primary N) is 1. The van der Waals surface area contributed by atoms with Crippen LogP contribution in [0.25, 0.3) is 0 Å². The van der Waals surface area contributed by atoms with E-state index in [0.717, 1.165) is 5.56 Å². The topological polar surface area (TPSA) is 26.0 Å². The molecule has 2 aromatic carbocycles. The lowest BCUT2D eigenvalue weighted by Gasteiger charge is -2.14. The zero-order valence-electron chi connectivity index (χ0n) is 10.2. The first-order valence-electron chi connectivity index (χ1n) is 5.83. The van der Waals surface area contributed by atoms with E-state index in [1.807, 2.05) is 6.92 Å². The fourth-order valence-corrected chi connectivity index (χ4v) is 1.96. The first kappa shape index (κ1) is 12.7. The molecule has 94 valence electrons. The van der Waals surface area contributed by atoms with Gasteiger partial charge in [0.05, 0.1) is 0 Å². The van der Waals surface area contributed by atoms with E-state index in [1.54, 1.807) is 30.3 Å². The summed E-state index contributed by atoms with van der Waals surface area (Å²) < 4.78 is 27.1. The summed E-state index contributed by atoms with van der Waals surface area (Å²) in [7, 11) is 0. The summed E-state index contributed by atoms with van der Waals surface area (Å²) in [6.45, 7) is 1.87. The monoisotopic (exact) mass is 247 g/mol. The van der Waals surface area contributed by atoms with Crippen molar-refractivity contribution in [1.29, 1.82) is 0 Å². The highest BCUT2D eigenvalue weighted by Gasteiger charge is 2.14. The number of hydrogen-bond acceptors (Lipinski definition) is 1. The Bertz CT molecular complexity index is 552. The maximum absolute atomic E-state index is 13.6. The molecule has 0 bridgehead atoms. The van der Waals surface area contributed by atoms with Crippen molar-refractivity contribution >= 4 is 0 Å². The number of rotatable bonds is 3. The van der Waals surface area contributed by atoms with Gasteiger partial charge >= 0.3 is 0 Å². The Hall–Kier alpha value is -1.74. The summed E-state index contributed by atoms with van der Waals surface area (Å²) in [5.41, 5.74) is 7.83. The van der Waals surface area contributed by atoms with Gasteiger partial charge in [0.1, 0.15) is 11.6 Å². The molecule has 0 aliphatic heterocycles. The molecule has 0 radical (unpaired) electrons. The second-order valence-corrected chi connectivity index (χ2v) is 4.43. The molecule has 0 amide bonds. The van der Waals surface area contributed by atoms with Crippen molar-refractivity contribution in [3.05, 3.63) is 70.8 Å². The van der Waals surface area contributed by atoms with Crippen LogP contribution in [-0.4, -0.2) is 0 Å². The molecule has 1 nitrogen and oxygen atoms in total. The van der Waals surface area contributed by atoms with Crippen molar-refractivity contribution in [2.24, 2.45) is 5.73 Å². The minimum Gasteiger partial charge on any atom is -0.324 e. The summed E-state index contributed by atoms with van der Waals surface area (Å²) in [4.78, 5) is 0. The molecular formula is C15H15F2N. The zero-order chi connectivity index (χ0) is 13.1. The van der Waals surface area contributed by atoms with Crippen molar-refractivity contribution in [1.82, 2.24) is 0 Å². The predicted octanol–water partition coefficient (Wildman–Crippen LogP) is 3.52. The molecule has 0 aliphatic carbocycles. The smallest absolute Gasteiger partial charge is 0.128 e. The molecule has 1 unspecified atom stereocenters. The van der Waals surface area contributed by atoms with Gasteiger partial charge in [0.2, 0.25) is 0 Å². The highest BCUT2D eigenvalue weighted by atomic mass is 19.1. The van der Waals surface area contributed by atoms with E-state index in [1.165, 1.54) is 12.1 Å². The minimum absolute atomic E-state index is 0.285. The van der Waals surface area contributed by atoms with Gasteiger partial charge in [-0.1, -0.05) is 35.9 Å². The van der Waals surface area contributed by atoms with Crippen LogP contribution in [0.2, 0.25) is 0 Å². The summed E-state index contributed by atoms with van der Waals surface area (Å²) in [5, 5.41) is 0. The SMILES string of the molecule is Cc1ccc(F)c(C(N)Cc2ccccc2F)c1. The fraction of sp³-hybridized carbons (Fsp3) is 0.200. The lowest BCUT2D eigenvalue weighted by molar-refractivity contribution is 0.563. The second-order valence-electron chi connectivity index (χ2n) is 4.43. The first-order chi connectivity index (χ1) is 8.58. The van der Waals surface area contributed by atoms with Crippen LogP contribution in [0, 0.1) is 18.6 Å². The highest BCUT2D eigenvalue weighted by molar-refractivity contribution is 5.29. The molecule has 2 aromatic rings. The van der Waals surface area contributed by atoms with Crippen LogP contribution in [0.1, 0.15) is 22.7 Å². The Kier molecular flexibility index (Phi) is 3.72. The summed E-state index contributed by atoms with van der Waals surface area (Å²) in [6, 6.07) is 10.7. The lowest BCUT2D eigenvalue weighted by Crippen LogP contribution is -2.16. The average Bonchev–Trinajstić information content (AvgIpc) is 2.35. The number of aryl methyl sites for hydroxylation is 1. The van der Waals surface area contributed by atoms with Crippen molar-refractivity contribution in [3.63, 3.8) is 0 Å².